The predicted molar refractivity (Wildman–Crippen MR) is 81.4 cm³/mol. The summed E-state index contributed by atoms with van der Waals surface area (Å²) in [7, 11) is 1.63. The first-order valence-electron chi connectivity index (χ1n) is 7.31. The third kappa shape index (κ3) is 3.05. The van der Waals surface area contributed by atoms with Gasteiger partial charge in [0.2, 0.25) is 5.56 Å². The molecule has 2 heterocycles. The van der Waals surface area contributed by atoms with Crippen LogP contribution in [0, 0.1) is 12.8 Å². The molecule has 114 valence electrons. The molecule has 22 heavy (non-hydrogen) atoms. The lowest BCUT2D eigenvalue weighted by Crippen LogP contribution is -2.32. The zero-order valence-electron chi connectivity index (χ0n) is 12.6. The summed E-state index contributed by atoms with van der Waals surface area (Å²) < 4.78 is 1.39. The third-order valence-corrected chi connectivity index (χ3v) is 3.82. The Morgan fingerprint density at radius 1 is 1.36 bits per heavy atom. The molecule has 1 saturated carbocycles. The van der Waals surface area contributed by atoms with E-state index in [1.807, 2.05) is 13.0 Å². The number of aromatic nitrogens is 3. The Kier molecular flexibility index (Phi) is 3.75. The van der Waals surface area contributed by atoms with Gasteiger partial charge in [-0.3, -0.25) is 9.59 Å². The summed E-state index contributed by atoms with van der Waals surface area (Å²) in [6.07, 6.45) is 5.38. The number of pyridine rings is 1. The van der Waals surface area contributed by atoms with Crippen molar-refractivity contribution in [2.45, 2.75) is 25.8 Å². The van der Waals surface area contributed by atoms with Gasteiger partial charge < -0.3 is 9.88 Å². The van der Waals surface area contributed by atoms with Gasteiger partial charge in [0, 0.05) is 31.2 Å². The molecule has 1 N–H and O–H groups in total. The molecule has 2 aromatic heterocycles. The molecule has 1 amide bonds. The van der Waals surface area contributed by atoms with E-state index in [0.29, 0.717) is 17.3 Å². The maximum Gasteiger partial charge on any atom is 0.253 e. The van der Waals surface area contributed by atoms with Gasteiger partial charge in [-0.05, 0) is 37.8 Å². The van der Waals surface area contributed by atoms with Gasteiger partial charge in [-0.2, -0.15) is 0 Å². The standard InChI is InChI=1S/C16H18N4O2/c1-10-7-8-17-15(18-10)14(11-3-4-11)19-16(22)12-5-6-13(21)20(2)9-12/h5-9,11,14H,3-4H2,1-2H3,(H,19,22)/t14-/m0/s1. The highest BCUT2D eigenvalue weighted by molar-refractivity contribution is 5.94. The minimum Gasteiger partial charge on any atom is -0.342 e. The number of amides is 1. The van der Waals surface area contributed by atoms with E-state index < -0.39 is 0 Å². The number of rotatable bonds is 4. The molecular formula is C16H18N4O2. The number of carbonyl (C=O) groups is 1. The lowest BCUT2D eigenvalue weighted by atomic mass is 10.1. The first-order valence-corrected chi connectivity index (χ1v) is 7.31. The summed E-state index contributed by atoms with van der Waals surface area (Å²) in [5.74, 6) is 0.830. The summed E-state index contributed by atoms with van der Waals surface area (Å²) in [6.45, 7) is 1.91. The number of hydrogen-bond donors (Lipinski definition) is 1. The molecule has 0 aromatic carbocycles. The first-order chi connectivity index (χ1) is 10.5. The van der Waals surface area contributed by atoms with Crippen LogP contribution in [0.1, 0.15) is 40.8 Å². The molecule has 0 radical (unpaired) electrons. The van der Waals surface area contributed by atoms with Crippen molar-refractivity contribution in [1.82, 2.24) is 19.9 Å². The molecule has 1 aliphatic carbocycles. The normalized spacial score (nSPS) is 15.4. The Morgan fingerprint density at radius 2 is 2.14 bits per heavy atom. The van der Waals surface area contributed by atoms with E-state index in [1.165, 1.54) is 10.6 Å². The van der Waals surface area contributed by atoms with Crippen LogP contribution >= 0.6 is 0 Å². The van der Waals surface area contributed by atoms with Crippen LogP contribution in [0.5, 0.6) is 0 Å². The minimum atomic E-state index is -0.211. The van der Waals surface area contributed by atoms with Gasteiger partial charge in [0.15, 0.2) is 5.82 Å². The van der Waals surface area contributed by atoms with E-state index in [4.69, 9.17) is 0 Å². The molecule has 2 aromatic rings. The molecule has 0 spiro atoms. The Bertz CT molecular complexity index is 765. The summed E-state index contributed by atoms with van der Waals surface area (Å²) >= 11 is 0. The predicted octanol–water partition coefficient (Wildman–Crippen LogP) is 1.36. The van der Waals surface area contributed by atoms with E-state index >= 15 is 0 Å². The summed E-state index contributed by atoms with van der Waals surface area (Å²) in [5, 5.41) is 3.01. The van der Waals surface area contributed by atoms with E-state index in [1.54, 1.807) is 25.5 Å². The topological polar surface area (TPSA) is 76.9 Å². The molecule has 0 bridgehead atoms. The Hall–Kier alpha value is -2.50. The fourth-order valence-electron chi connectivity index (χ4n) is 2.39. The molecule has 0 aliphatic heterocycles. The quantitative estimate of drug-likeness (QED) is 0.924. The molecule has 6 nitrogen and oxygen atoms in total. The summed E-state index contributed by atoms with van der Waals surface area (Å²) in [5.41, 5.74) is 1.20. The van der Waals surface area contributed by atoms with E-state index in [9.17, 15) is 9.59 Å². The highest BCUT2D eigenvalue weighted by Crippen LogP contribution is 2.40. The van der Waals surface area contributed by atoms with Crippen LogP contribution in [-0.4, -0.2) is 20.4 Å². The van der Waals surface area contributed by atoms with Crippen LogP contribution < -0.4 is 10.9 Å². The van der Waals surface area contributed by atoms with Crippen LogP contribution in [0.15, 0.2) is 35.4 Å². The highest BCUT2D eigenvalue weighted by atomic mass is 16.2. The van der Waals surface area contributed by atoms with Crippen LogP contribution in [0.4, 0.5) is 0 Å². The van der Waals surface area contributed by atoms with Crippen LogP contribution in [0.2, 0.25) is 0 Å². The number of nitrogens with one attached hydrogen (secondary N) is 1. The second-order valence-corrected chi connectivity index (χ2v) is 5.71. The molecule has 1 aliphatic rings. The van der Waals surface area contributed by atoms with Crippen LogP contribution in [0.3, 0.4) is 0 Å². The zero-order chi connectivity index (χ0) is 15.7. The Morgan fingerprint density at radius 3 is 2.77 bits per heavy atom. The van der Waals surface area contributed by atoms with Crippen molar-refractivity contribution in [2.24, 2.45) is 13.0 Å². The molecule has 6 heteroatoms. The summed E-state index contributed by atoms with van der Waals surface area (Å²) in [4.78, 5) is 32.6. The van der Waals surface area contributed by atoms with Gasteiger partial charge in [0.25, 0.3) is 5.91 Å². The Labute approximate surface area is 128 Å². The van der Waals surface area contributed by atoms with E-state index in [0.717, 1.165) is 18.5 Å². The van der Waals surface area contributed by atoms with Gasteiger partial charge >= 0.3 is 0 Å². The van der Waals surface area contributed by atoms with Crippen molar-refractivity contribution in [3.05, 3.63) is 58.0 Å². The Balaban J connectivity index is 1.83. The lowest BCUT2D eigenvalue weighted by molar-refractivity contribution is 0.0928. The van der Waals surface area contributed by atoms with E-state index in [2.05, 4.69) is 15.3 Å². The number of nitrogens with zero attached hydrogens (tertiary/aromatic N) is 3. The maximum atomic E-state index is 12.4. The minimum absolute atomic E-state index is 0.141. The van der Waals surface area contributed by atoms with Gasteiger partial charge in [-0.25, -0.2) is 9.97 Å². The van der Waals surface area contributed by atoms with Crippen LogP contribution in [-0.2, 0) is 7.05 Å². The van der Waals surface area contributed by atoms with Crippen molar-refractivity contribution in [3.8, 4) is 0 Å². The monoisotopic (exact) mass is 298 g/mol. The van der Waals surface area contributed by atoms with Crippen molar-refractivity contribution in [2.75, 3.05) is 0 Å². The SMILES string of the molecule is Cc1ccnc([C@@H](NC(=O)c2ccc(=O)n(C)c2)C2CC2)n1. The lowest BCUT2D eigenvalue weighted by Gasteiger charge is -2.17. The number of aryl methyl sites for hydroxylation is 2. The van der Waals surface area contributed by atoms with Gasteiger partial charge in [0.1, 0.15) is 0 Å². The van der Waals surface area contributed by atoms with Gasteiger partial charge in [-0.1, -0.05) is 0 Å². The average Bonchev–Trinajstić information content (AvgIpc) is 3.32. The number of hydrogen-bond acceptors (Lipinski definition) is 4. The maximum absolute atomic E-state index is 12.4. The van der Waals surface area contributed by atoms with Crippen LogP contribution in [0.25, 0.3) is 0 Å². The molecule has 3 rings (SSSR count). The van der Waals surface area contributed by atoms with Crippen molar-refractivity contribution >= 4 is 5.91 Å². The second kappa shape index (κ2) is 5.71. The average molecular weight is 298 g/mol. The molecule has 0 unspecified atom stereocenters. The summed E-state index contributed by atoms with van der Waals surface area (Å²) in [6, 6.07) is 4.59. The fraction of sp³-hybridized carbons (Fsp3) is 0.375. The second-order valence-electron chi connectivity index (χ2n) is 5.71. The first kappa shape index (κ1) is 14.4. The molecule has 1 fully saturated rings. The smallest absolute Gasteiger partial charge is 0.253 e. The molecule has 0 saturated heterocycles. The van der Waals surface area contributed by atoms with Crippen molar-refractivity contribution < 1.29 is 4.79 Å². The zero-order valence-corrected chi connectivity index (χ0v) is 12.6. The van der Waals surface area contributed by atoms with Gasteiger partial charge in [-0.15, -0.1) is 0 Å². The number of carbonyl (C=O) groups excluding carboxylic acids is 1. The van der Waals surface area contributed by atoms with Crippen molar-refractivity contribution in [3.63, 3.8) is 0 Å². The van der Waals surface area contributed by atoms with Crippen molar-refractivity contribution in [1.29, 1.82) is 0 Å². The fourth-order valence-corrected chi connectivity index (χ4v) is 2.39. The molecule has 1 atom stereocenters. The third-order valence-electron chi connectivity index (χ3n) is 3.82. The molecular weight excluding hydrogens is 280 g/mol. The van der Waals surface area contributed by atoms with E-state index in [-0.39, 0.29) is 17.5 Å². The highest BCUT2D eigenvalue weighted by Gasteiger charge is 2.35. The largest absolute Gasteiger partial charge is 0.342 e. The van der Waals surface area contributed by atoms with Gasteiger partial charge in [0.05, 0.1) is 11.6 Å².